The Balaban J connectivity index is -0.000000701. The molecule has 0 fully saturated rings. The van der Waals surface area contributed by atoms with Crippen LogP contribution in [0, 0.1) is 0 Å². The first kappa shape index (κ1) is 46.7. The molecule has 12 heteroatoms. The topological polar surface area (TPSA) is 124 Å². The van der Waals surface area contributed by atoms with Gasteiger partial charge in [0.05, 0.1) is 13.0 Å². The summed E-state index contributed by atoms with van der Waals surface area (Å²) in [6, 6.07) is 0. The second-order valence-corrected chi connectivity index (χ2v) is 9.74. The molecule has 3 N–H and O–H groups in total. The minimum absolute atomic E-state index is 0. The second-order valence-electron chi connectivity index (χ2n) is 8.14. The van der Waals surface area contributed by atoms with Crippen LogP contribution in [-0.2, 0) is 24.4 Å². The van der Waals surface area contributed by atoms with Gasteiger partial charge in [-0.25, -0.2) is 0 Å². The molecule has 0 aromatic rings. The summed E-state index contributed by atoms with van der Waals surface area (Å²) in [6.07, 6.45) is 18.9. The Morgan fingerprint density at radius 2 is 1.03 bits per heavy atom. The van der Waals surface area contributed by atoms with Gasteiger partial charge in [-0.1, -0.05) is 103 Å². The Kier molecular flexibility index (Phi) is 44.0. The van der Waals surface area contributed by atoms with Gasteiger partial charge >= 0.3 is 124 Å². The summed E-state index contributed by atoms with van der Waals surface area (Å²) in [7, 11) is -4.71. The van der Waals surface area contributed by atoms with Crippen LogP contribution in [0.2, 0.25) is 0 Å². The maximum absolute atomic E-state index is 11.7. The molecule has 0 aliphatic rings. The molecule has 34 heavy (non-hydrogen) atoms. The van der Waals surface area contributed by atoms with Gasteiger partial charge in [0.1, 0.15) is 0 Å². The van der Waals surface area contributed by atoms with Gasteiger partial charge in [0.15, 0.2) is 5.25 Å². The van der Waals surface area contributed by atoms with Crippen molar-refractivity contribution < 1.29 is 27.3 Å². The summed E-state index contributed by atoms with van der Waals surface area (Å²) in [5.41, 5.74) is 4.90. The molecule has 0 rings (SSSR count). The van der Waals surface area contributed by atoms with Crippen LogP contribution in [0.4, 0.5) is 0 Å². The van der Waals surface area contributed by atoms with Crippen LogP contribution < -0.4 is 5.73 Å². The average Bonchev–Trinajstić information content (AvgIpc) is 2.67. The molecule has 0 spiro atoms. The first-order valence-electron chi connectivity index (χ1n) is 11.7. The molecule has 0 aliphatic carbocycles. The fourth-order valence-electron chi connectivity index (χ4n) is 3.41. The Hall–Kier alpha value is 2.85. The van der Waals surface area contributed by atoms with Crippen molar-refractivity contribution in [2.24, 2.45) is 5.73 Å². The van der Waals surface area contributed by atoms with E-state index in [-0.39, 0.29) is 125 Å². The van der Waals surface area contributed by atoms with E-state index in [1.54, 1.807) is 0 Å². The van der Waals surface area contributed by atoms with Crippen LogP contribution in [0.25, 0.3) is 0 Å². The number of primary amides is 1. The van der Waals surface area contributed by atoms with Gasteiger partial charge in [-0.05, 0) is 6.42 Å². The Bertz CT molecular complexity index is 568. The SMILES string of the molecule is CCCCCCCCCCCCCCCCCCOC(=O)C(CC(N)=O)S(=O)(=O)O.[NaH].[NaH].[NaH].[NaH]. The predicted molar refractivity (Wildman–Crippen MR) is 148 cm³/mol. The van der Waals surface area contributed by atoms with E-state index in [9.17, 15) is 18.0 Å². The molecule has 0 saturated carbocycles. The summed E-state index contributed by atoms with van der Waals surface area (Å²) in [4.78, 5) is 22.5. The molecule has 0 aromatic heterocycles. The Labute approximate surface area is 296 Å². The molecular weight excluding hydrogens is 498 g/mol. The number of hydrogen-bond acceptors (Lipinski definition) is 5. The summed E-state index contributed by atoms with van der Waals surface area (Å²) in [6.45, 7) is 2.32. The van der Waals surface area contributed by atoms with E-state index in [2.05, 4.69) is 6.92 Å². The van der Waals surface area contributed by atoms with Crippen molar-refractivity contribution in [3.8, 4) is 0 Å². The molecule has 186 valence electrons. The number of ether oxygens (including phenoxy) is 1. The zero-order valence-corrected chi connectivity index (χ0v) is 19.6. The van der Waals surface area contributed by atoms with Crippen molar-refractivity contribution >= 4 is 140 Å². The van der Waals surface area contributed by atoms with Crippen molar-refractivity contribution in [3.05, 3.63) is 0 Å². The summed E-state index contributed by atoms with van der Waals surface area (Å²) >= 11 is 0. The predicted octanol–water partition coefficient (Wildman–Crippen LogP) is 2.33. The third-order valence-corrected chi connectivity index (χ3v) is 6.33. The number of carbonyl (C=O) groups excluding carboxylic acids is 2. The van der Waals surface area contributed by atoms with Gasteiger partial charge in [-0.2, -0.15) is 8.42 Å². The molecule has 0 aromatic carbocycles. The van der Waals surface area contributed by atoms with E-state index >= 15 is 0 Å². The van der Waals surface area contributed by atoms with E-state index in [4.69, 9.17) is 15.0 Å². The van der Waals surface area contributed by atoms with Crippen molar-refractivity contribution in [1.82, 2.24) is 0 Å². The van der Waals surface area contributed by atoms with E-state index in [0.717, 1.165) is 19.3 Å². The van der Waals surface area contributed by atoms with Crippen molar-refractivity contribution in [3.63, 3.8) is 0 Å². The van der Waals surface area contributed by atoms with E-state index < -0.39 is 33.7 Å². The molecule has 0 aliphatic heterocycles. The number of rotatable bonds is 21. The van der Waals surface area contributed by atoms with Gasteiger partial charge in [-0.15, -0.1) is 0 Å². The van der Waals surface area contributed by atoms with E-state index in [0.29, 0.717) is 6.42 Å². The molecule has 0 heterocycles. The number of carbonyl (C=O) groups is 2. The Morgan fingerprint density at radius 1 is 0.706 bits per heavy atom. The van der Waals surface area contributed by atoms with E-state index in [1.165, 1.54) is 77.0 Å². The van der Waals surface area contributed by atoms with Crippen molar-refractivity contribution in [2.45, 2.75) is 121 Å². The maximum atomic E-state index is 11.7. The van der Waals surface area contributed by atoms with Gasteiger partial charge in [0.25, 0.3) is 10.1 Å². The fourth-order valence-corrected chi connectivity index (χ4v) is 4.09. The zero-order valence-electron chi connectivity index (χ0n) is 18.8. The second kappa shape index (κ2) is 32.1. The normalized spacial score (nSPS) is 11.1. The molecule has 1 atom stereocenters. The molecule has 0 saturated heterocycles. The summed E-state index contributed by atoms with van der Waals surface area (Å²) in [5, 5.41) is -1.93. The summed E-state index contributed by atoms with van der Waals surface area (Å²) in [5.74, 6) is -2.12. The molecule has 0 bridgehead atoms. The van der Waals surface area contributed by atoms with Crippen LogP contribution in [0.1, 0.15) is 116 Å². The third kappa shape index (κ3) is 31.1. The number of unbranched alkanes of at least 4 members (excludes halogenated alkanes) is 15. The first-order chi connectivity index (χ1) is 14.3. The van der Waals surface area contributed by atoms with Crippen molar-refractivity contribution in [1.29, 1.82) is 0 Å². The monoisotopic (exact) mass is 545 g/mol. The van der Waals surface area contributed by atoms with Crippen LogP contribution >= 0.6 is 0 Å². The molecular formula is C22H47NNa4O6S. The fraction of sp³-hybridized carbons (Fsp3) is 0.909. The van der Waals surface area contributed by atoms with Gasteiger partial charge in [0.2, 0.25) is 5.91 Å². The first-order valence-corrected chi connectivity index (χ1v) is 13.2. The summed E-state index contributed by atoms with van der Waals surface area (Å²) < 4.78 is 36.1. The number of nitrogens with two attached hydrogens (primary N) is 1. The van der Waals surface area contributed by atoms with E-state index in [1.807, 2.05) is 0 Å². The third-order valence-electron chi connectivity index (χ3n) is 5.25. The van der Waals surface area contributed by atoms with Gasteiger partial charge in [-0.3, -0.25) is 14.1 Å². The number of amides is 1. The number of hydrogen-bond donors (Lipinski definition) is 2. The molecule has 7 nitrogen and oxygen atoms in total. The average molecular weight is 546 g/mol. The number of esters is 1. The van der Waals surface area contributed by atoms with Crippen LogP contribution in [0.5, 0.6) is 0 Å². The van der Waals surface area contributed by atoms with Crippen LogP contribution in [0.15, 0.2) is 0 Å². The molecule has 1 amide bonds. The van der Waals surface area contributed by atoms with Gasteiger partial charge < -0.3 is 10.5 Å². The Morgan fingerprint density at radius 3 is 1.32 bits per heavy atom. The van der Waals surface area contributed by atoms with Crippen LogP contribution in [-0.4, -0.2) is 155 Å². The minimum atomic E-state index is -4.71. The standard InChI is InChI=1S/C22H43NO6S.4Na.4H/c1-2-3-4-5-6-7-8-9-10-11-12-13-14-15-16-17-18-29-22(25)20(19-21(23)24)30(26,27)28;;;;;;;;/h20H,2-19H2,1H3,(H2,23,24)(H,26,27,28);;;;;;;;. The molecule has 0 radical (unpaired) electrons. The van der Waals surface area contributed by atoms with Crippen molar-refractivity contribution in [2.75, 3.05) is 6.61 Å². The zero-order chi connectivity index (χ0) is 22.7. The quantitative estimate of drug-likeness (QED) is 0.0988. The van der Waals surface area contributed by atoms with Crippen LogP contribution in [0.3, 0.4) is 0 Å². The van der Waals surface area contributed by atoms with Gasteiger partial charge in [0, 0.05) is 0 Å². The molecule has 1 unspecified atom stereocenters.